The van der Waals surface area contributed by atoms with Gasteiger partial charge >= 0.3 is 11.9 Å². The topological polar surface area (TPSA) is 131 Å². The highest BCUT2D eigenvalue weighted by molar-refractivity contribution is 7.94. The molecule has 2 aromatic heterocycles. The summed E-state index contributed by atoms with van der Waals surface area (Å²) in [6, 6.07) is 10.8. The highest BCUT2D eigenvalue weighted by Crippen LogP contribution is 2.34. The van der Waals surface area contributed by atoms with Crippen LogP contribution >= 0.6 is 24.1 Å². The number of carboxylic acids is 1. The van der Waals surface area contributed by atoms with E-state index in [-0.39, 0.29) is 6.42 Å². The first-order valence-electron chi connectivity index (χ1n) is 13.3. The van der Waals surface area contributed by atoms with E-state index >= 15 is 0 Å². The Labute approximate surface area is 240 Å². The summed E-state index contributed by atoms with van der Waals surface area (Å²) in [5.74, 6) is 1.39. The van der Waals surface area contributed by atoms with E-state index in [1.807, 2.05) is 6.92 Å². The molecule has 0 aliphatic rings. The summed E-state index contributed by atoms with van der Waals surface area (Å²) < 4.78 is 19.2. The lowest BCUT2D eigenvalue weighted by molar-refractivity contribution is -0.683. The molecule has 0 saturated heterocycles. The van der Waals surface area contributed by atoms with Crippen molar-refractivity contribution in [3.63, 3.8) is 0 Å². The summed E-state index contributed by atoms with van der Waals surface area (Å²) >= 11 is 2.07. The Hall–Kier alpha value is -2.52. The van der Waals surface area contributed by atoms with Gasteiger partial charge < -0.3 is 19.0 Å². The van der Waals surface area contributed by atoms with E-state index in [1.54, 1.807) is 0 Å². The Kier molecular flexibility index (Phi) is 11.4. The van der Waals surface area contributed by atoms with Crippen molar-refractivity contribution < 1.29 is 43.1 Å². The van der Waals surface area contributed by atoms with Crippen molar-refractivity contribution in [1.82, 2.24) is 4.57 Å². The van der Waals surface area contributed by atoms with Crippen LogP contribution in [0.2, 0.25) is 0 Å². The highest BCUT2D eigenvalue weighted by Gasteiger charge is 2.22. The number of hydrogen-bond donors (Lipinski definition) is 3. The van der Waals surface area contributed by atoms with Crippen molar-refractivity contribution in [2.45, 2.75) is 52.0 Å². The molecule has 2 heterocycles. The summed E-state index contributed by atoms with van der Waals surface area (Å²) in [6.07, 6.45) is 4.24. The summed E-state index contributed by atoms with van der Waals surface area (Å²) in [6.45, 7) is 4.29. The maximum Gasteiger partial charge on any atom is 0.344 e. The van der Waals surface area contributed by atoms with E-state index in [0.29, 0.717) is 17.9 Å². The number of hydrogen-bond acceptors (Lipinski definition) is 10. The van der Waals surface area contributed by atoms with Gasteiger partial charge in [0.2, 0.25) is 5.58 Å². The molecule has 0 unspecified atom stereocenters. The van der Waals surface area contributed by atoms with Gasteiger partial charge in [-0.05, 0) is 43.9 Å². The fourth-order valence-corrected chi connectivity index (χ4v) is 5.86. The van der Waals surface area contributed by atoms with Crippen molar-refractivity contribution in [3.8, 4) is 0 Å². The van der Waals surface area contributed by atoms with Crippen LogP contribution in [-0.4, -0.2) is 50.8 Å². The summed E-state index contributed by atoms with van der Waals surface area (Å²) in [7, 11) is 2.06. The largest absolute Gasteiger partial charge is 0.481 e. The number of carbonyl (C=O) groups is 1. The maximum absolute atomic E-state index is 10.8. The third-order valence-electron chi connectivity index (χ3n) is 7.08. The maximum atomic E-state index is 10.8. The Morgan fingerprint density at radius 2 is 1.75 bits per heavy atom. The highest BCUT2D eigenvalue weighted by atomic mass is 32.2. The van der Waals surface area contributed by atoms with Crippen molar-refractivity contribution in [2.24, 2.45) is 7.05 Å². The van der Waals surface area contributed by atoms with Crippen LogP contribution in [0.1, 0.15) is 44.4 Å². The second kappa shape index (κ2) is 14.9. The predicted octanol–water partition coefficient (Wildman–Crippen LogP) is 6.11. The number of benzene rings is 2. The first-order valence-corrected chi connectivity index (χ1v) is 15.1. The van der Waals surface area contributed by atoms with Gasteiger partial charge in [0.15, 0.2) is 6.54 Å². The Bertz CT molecular complexity index is 1420. The molecule has 4 rings (SSSR count). The Balaban J connectivity index is 1.63. The van der Waals surface area contributed by atoms with Crippen molar-refractivity contribution in [3.05, 3.63) is 36.2 Å². The third-order valence-corrected chi connectivity index (χ3v) is 8.25. The Morgan fingerprint density at radius 1 is 1.00 bits per heavy atom. The van der Waals surface area contributed by atoms with Crippen molar-refractivity contribution in [2.75, 3.05) is 29.5 Å². The van der Waals surface area contributed by atoms with E-state index in [0.717, 1.165) is 114 Å². The van der Waals surface area contributed by atoms with Crippen LogP contribution in [0.5, 0.6) is 0 Å². The minimum atomic E-state index is -0.754. The van der Waals surface area contributed by atoms with Gasteiger partial charge in [-0.25, -0.2) is 10.5 Å². The molecule has 11 nitrogen and oxygen atoms in total. The summed E-state index contributed by atoms with van der Waals surface area (Å²) in [5, 5.41) is 31.9. The van der Waals surface area contributed by atoms with Gasteiger partial charge in [-0.1, -0.05) is 5.04 Å². The average molecular weight is 595 g/mol. The SMILES string of the molecule is Cc1oc2cc3c(cc2[n+]1CCCCCC(=O)O)c1cc(N(CCCSOO)CCCSOOO)ccc1n3C. The van der Waals surface area contributed by atoms with Crippen LogP contribution in [0.4, 0.5) is 5.69 Å². The smallest absolute Gasteiger partial charge is 0.344 e. The van der Waals surface area contributed by atoms with Gasteiger partial charge in [-0.15, -0.1) is 4.33 Å². The lowest BCUT2D eigenvalue weighted by Gasteiger charge is -2.25. The van der Waals surface area contributed by atoms with Crippen LogP contribution in [0.25, 0.3) is 32.9 Å². The predicted molar refractivity (Wildman–Crippen MR) is 156 cm³/mol. The average Bonchev–Trinajstić information content (AvgIpc) is 3.40. The zero-order valence-corrected chi connectivity index (χ0v) is 24.3. The van der Waals surface area contributed by atoms with Crippen LogP contribution < -0.4 is 9.47 Å². The molecule has 0 fully saturated rings. The van der Waals surface area contributed by atoms with Crippen molar-refractivity contribution >= 4 is 68.6 Å². The van der Waals surface area contributed by atoms with Crippen LogP contribution in [0.3, 0.4) is 0 Å². The summed E-state index contributed by atoms with van der Waals surface area (Å²) in [4.78, 5) is 13.1. The molecule has 0 aliphatic heterocycles. The van der Waals surface area contributed by atoms with E-state index < -0.39 is 5.97 Å². The first kappa shape index (κ1) is 30.4. The minimum Gasteiger partial charge on any atom is -0.481 e. The number of fused-ring (bicyclic) bond motifs is 4. The number of anilines is 1. The van der Waals surface area contributed by atoms with Crippen LogP contribution in [-0.2, 0) is 32.1 Å². The zero-order chi connectivity index (χ0) is 28.5. The molecule has 0 saturated carbocycles. The molecule has 218 valence electrons. The van der Waals surface area contributed by atoms with E-state index in [9.17, 15) is 4.79 Å². The van der Waals surface area contributed by atoms with E-state index in [2.05, 4.69) is 65.1 Å². The van der Waals surface area contributed by atoms with Gasteiger partial charge in [0.1, 0.15) is 0 Å². The molecule has 0 radical (unpaired) electrons. The molecule has 0 bridgehead atoms. The number of unbranched alkanes of at least 4 members (excludes halogenated alkanes) is 2. The first-order chi connectivity index (χ1) is 19.4. The Morgan fingerprint density at radius 3 is 2.48 bits per heavy atom. The second-order valence-electron chi connectivity index (χ2n) is 9.63. The number of aliphatic carboxylic acids is 1. The molecule has 0 amide bonds. The van der Waals surface area contributed by atoms with Crippen LogP contribution in [0, 0.1) is 6.92 Å². The number of carboxylic acid groups (broad SMARTS) is 1. The lowest BCUT2D eigenvalue weighted by Crippen LogP contribution is -2.35. The molecular formula is C27H36N3O8S2+. The monoisotopic (exact) mass is 594 g/mol. The van der Waals surface area contributed by atoms with E-state index in [1.165, 1.54) is 0 Å². The standard InChI is InChI=1S/C27H35N3O8S2/c1-19-30(13-5-3-4-8-27(31)32)25-17-22-21-16-20(9-10-23(21)28(2)24(22)18-26(25)35-19)29(11-6-14-39-37-34)12-7-15-40-38-36-33/h9-10,16-18H,3-8,11-15H2,1-2H3,(H2-,31,32,33,34)/p+1. The van der Waals surface area contributed by atoms with Crippen LogP contribution in [0.15, 0.2) is 34.7 Å². The normalized spacial score (nSPS) is 11.8. The molecule has 40 heavy (non-hydrogen) atoms. The number of nitrogens with zero attached hydrogens (tertiary/aromatic N) is 3. The van der Waals surface area contributed by atoms with E-state index in [4.69, 9.17) is 20.0 Å². The molecule has 2 aromatic carbocycles. The molecule has 4 aromatic rings. The molecule has 0 aliphatic carbocycles. The van der Waals surface area contributed by atoms with Gasteiger partial charge in [0, 0.05) is 103 Å². The van der Waals surface area contributed by atoms with Gasteiger partial charge in [-0.3, -0.25) is 4.79 Å². The van der Waals surface area contributed by atoms with Gasteiger partial charge in [-0.2, -0.15) is 8.90 Å². The third kappa shape index (κ3) is 7.40. The zero-order valence-electron chi connectivity index (χ0n) is 22.7. The molecule has 0 atom stereocenters. The second-order valence-corrected chi connectivity index (χ2v) is 11.2. The number of aryl methyl sites for hydroxylation is 3. The molecular weight excluding hydrogens is 558 g/mol. The fraction of sp³-hybridized carbons (Fsp3) is 0.481. The quantitative estimate of drug-likeness (QED) is 0.0405. The number of aromatic nitrogens is 2. The molecule has 3 N–H and O–H groups in total. The molecule has 13 heteroatoms. The molecule has 0 spiro atoms. The van der Waals surface area contributed by atoms with Gasteiger partial charge in [0.25, 0.3) is 5.52 Å². The lowest BCUT2D eigenvalue weighted by atomic mass is 10.1. The minimum absolute atomic E-state index is 0.198. The van der Waals surface area contributed by atoms with Gasteiger partial charge in [0.05, 0.1) is 12.4 Å². The number of oxazole rings is 1. The summed E-state index contributed by atoms with van der Waals surface area (Å²) in [5.41, 5.74) is 5.16. The number of rotatable bonds is 18. The van der Waals surface area contributed by atoms with Crippen molar-refractivity contribution in [1.29, 1.82) is 0 Å². The fourth-order valence-electron chi connectivity index (χ4n) is 5.18.